The molecule has 2 aromatic carbocycles. The summed E-state index contributed by atoms with van der Waals surface area (Å²) >= 11 is 0. The Bertz CT molecular complexity index is 1160. The molecule has 0 aliphatic carbocycles. The molecular weight excluding hydrogens is 416 g/mol. The van der Waals surface area contributed by atoms with Crippen molar-refractivity contribution in [2.24, 2.45) is 0 Å². The third-order valence-corrected chi connectivity index (χ3v) is 5.32. The lowest BCUT2D eigenvalue weighted by molar-refractivity contribution is 0.510. The lowest BCUT2D eigenvalue weighted by Crippen LogP contribution is -2.17. The van der Waals surface area contributed by atoms with Crippen molar-refractivity contribution < 1.29 is 9.47 Å². The number of aryl methyl sites for hydroxylation is 4. The zero-order valence-corrected chi connectivity index (χ0v) is 19.1. The minimum absolute atomic E-state index is 0.00884. The Labute approximate surface area is 192 Å². The maximum atomic E-state index is 8.14. The van der Waals surface area contributed by atoms with Gasteiger partial charge >= 0.3 is 0 Å². The third kappa shape index (κ3) is 4.85. The molecule has 2 aromatic heterocycles. The summed E-state index contributed by atoms with van der Waals surface area (Å²) in [7, 11) is 0. The lowest BCUT2D eigenvalue weighted by Gasteiger charge is -2.16. The van der Waals surface area contributed by atoms with Gasteiger partial charge in [0, 0.05) is 24.8 Å². The van der Waals surface area contributed by atoms with Crippen molar-refractivity contribution >= 4 is 12.0 Å². The third-order valence-electron chi connectivity index (χ3n) is 5.32. The number of ether oxygens (including phenoxy) is 2. The van der Waals surface area contributed by atoms with Gasteiger partial charge in [-0.1, -0.05) is 24.3 Å². The minimum Gasteiger partial charge on any atom is -0.425 e. The Hall–Kier alpha value is -4.20. The van der Waals surface area contributed by atoms with E-state index in [9.17, 15) is 0 Å². The highest BCUT2D eigenvalue weighted by atomic mass is 16.5. The highest BCUT2D eigenvalue weighted by Crippen LogP contribution is 2.29. The summed E-state index contributed by atoms with van der Waals surface area (Å²) in [6.07, 6.45) is 10.4. The second kappa shape index (κ2) is 9.12. The van der Waals surface area contributed by atoms with Crippen LogP contribution in [0.1, 0.15) is 33.4 Å². The predicted octanol–water partition coefficient (Wildman–Crippen LogP) is 4.63. The zero-order chi connectivity index (χ0) is 23.5. The van der Waals surface area contributed by atoms with E-state index in [-0.39, 0.29) is 12.0 Å². The molecule has 0 radical (unpaired) electrons. The largest absolute Gasteiger partial charge is 0.425 e. The van der Waals surface area contributed by atoms with E-state index in [2.05, 4.69) is 34.2 Å². The summed E-state index contributed by atoms with van der Waals surface area (Å²) in [6, 6.07) is 8.38. The maximum Gasteiger partial charge on any atom is 0.299 e. The number of aromatic nitrogens is 4. The topological polar surface area (TPSA) is 102 Å². The van der Waals surface area contributed by atoms with Crippen LogP contribution >= 0.6 is 0 Å². The molecular formula is C25H26N6O2. The van der Waals surface area contributed by atoms with Gasteiger partial charge < -0.3 is 9.47 Å². The number of imidazole rings is 2. The molecule has 0 saturated heterocycles. The second-order valence-corrected chi connectivity index (χ2v) is 8.05. The van der Waals surface area contributed by atoms with Crippen LogP contribution < -0.4 is 9.47 Å². The molecule has 2 heterocycles. The Morgan fingerprint density at radius 2 is 1.06 bits per heavy atom. The number of nitrogens with zero attached hydrogens (tertiary/aromatic N) is 4. The molecule has 0 bridgehead atoms. The molecule has 0 aliphatic heterocycles. The van der Waals surface area contributed by atoms with Crippen molar-refractivity contribution in [3.05, 3.63) is 95.1 Å². The molecule has 4 rings (SSSR count). The molecule has 33 heavy (non-hydrogen) atoms. The van der Waals surface area contributed by atoms with Crippen molar-refractivity contribution in [1.29, 1.82) is 10.8 Å². The molecule has 4 aromatic rings. The number of benzene rings is 2. The fourth-order valence-electron chi connectivity index (χ4n) is 3.90. The van der Waals surface area contributed by atoms with E-state index in [1.807, 2.05) is 27.7 Å². The van der Waals surface area contributed by atoms with E-state index in [0.717, 1.165) is 39.8 Å². The van der Waals surface area contributed by atoms with Gasteiger partial charge in [-0.15, -0.1) is 0 Å². The Kier molecular flexibility index (Phi) is 6.08. The molecule has 2 N–H and O–H groups in total. The summed E-state index contributed by atoms with van der Waals surface area (Å²) in [6.45, 7) is 7.95. The van der Waals surface area contributed by atoms with Gasteiger partial charge in [0.15, 0.2) is 0 Å². The standard InChI is InChI=1S/C25H26N6O2/c1-16-9-20(10-17(2)22(16)32-24(26)30-7-5-28-14-30)13-21-11-18(3)23(19(4)12-21)33-25(27)31-8-6-29-15-31/h5-12,14-15,26-27H,13H2,1-4H3. The molecule has 0 unspecified atom stereocenters. The Balaban J connectivity index is 1.51. The molecule has 0 aliphatic rings. The van der Waals surface area contributed by atoms with Crippen LogP contribution in [-0.2, 0) is 6.42 Å². The van der Waals surface area contributed by atoms with E-state index in [1.165, 1.54) is 21.8 Å². The fraction of sp³-hybridized carbons (Fsp3) is 0.200. The van der Waals surface area contributed by atoms with Gasteiger partial charge in [-0.3, -0.25) is 20.0 Å². The molecule has 0 atom stereocenters. The van der Waals surface area contributed by atoms with E-state index in [0.29, 0.717) is 11.5 Å². The fourth-order valence-corrected chi connectivity index (χ4v) is 3.90. The smallest absolute Gasteiger partial charge is 0.299 e. The van der Waals surface area contributed by atoms with Crippen molar-refractivity contribution in [3.8, 4) is 11.5 Å². The van der Waals surface area contributed by atoms with Crippen LogP contribution in [0.3, 0.4) is 0 Å². The number of nitrogens with one attached hydrogen (secondary N) is 2. The minimum atomic E-state index is 0.00884. The van der Waals surface area contributed by atoms with Gasteiger partial charge in [0.25, 0.3) is 12.0 Å². The molecule has 0 spiro atoms. The number of hydrogen-bond acceptors (Lipinski definition) is 6. The number of rotatable bonds is 4. The van der Waals surface area contributed by atoms with E-state index >= 15 is 0 Å². The van der Waals surface area contributed by atoms with Gasteiger partial charge in [0.05, 0.1) is 0 Å². The molecule has 168 valence electrons. The van der Waals surface area contributed by atoms with Crippen LogP contribution in [0, 0.1) is 38.5 Å². The molecule has 8 heteroatoms. The summed E-state index contributed by atoms with van der Waals surface area (Å²) < 4.78 is 14.7. The average molecular weight is 443 g/mol. The van der Waals surface area contributed by atoms with Gasteiger partial charge in [0.1, 0.15) is 24.2 Å². The van der Waals surface area contributed by atoms with Crippen molar-refractivity contribution in [2.45, 2.75) is 34.1 Å². The Morgan fingerprint density at radius 3 is 1.36 bits per heavy atom. The van der Waals surface area contributed by atoms with Crippen LogP contribution in [0.2, 0.25) is 0 Å². The van der Waals surface area contributed by atoms with E-state index in [1.54, 1.807) is 24.8 Å². The molecule has 0 fully saturated rings. The van der Waals surface area contributed by atoms with Crippen molar-refractivity contribution in [3.63, 3.8) is 0 Å². The predicted molar refractivity (Wildman–Crippen MR) is 127 cm³/mol. The SMILES string of the molecule is Cc1cc(Cc2cc(C)c(OC(=N)n3ccnc3)c(C)c2)cc(C)c1OC(=N)n1ccnc1. The molecule has 0 amide bonds. The number of hydrogen-bond donors (Lipinski definition) is 2. The van der Waals surface area contributed by atoms with Gasteiger partial charge in [-0.2, -0.15) is 0 Å². The normalized spacial score (nSPS) is 10.8. The zero-order valence-electron chi connectivity index (χ0n) is 19.1. The van der Waals surface area contributed by atoms with Gasteiger partial charge in [0.2, 0.25) is 0 Å². The average Bonchev–Trinajstić information content (AvgIpc) is 3.47. The quantitative estimate of drug-likeness (QED) is 0.355. The first-order valence-corrected chi connectivity index (χ1v) is 10.5. The summed E-state index contributed by atoms with van der Waals surface area (Å²) in [5.41, 5.74) is 6.19. The van der Waals surface area contributed by atoms with E-state index < -0.39 is 0 Å². The van der Waals surface area contributed by atoms with Crippen LogP contribution in [0.4, 0.5) is 0 Å². The summed E-state index contributed by atoms with van der Waals surface area (Å²) in [4.78, 5) is 7.91. The van der Waals surface area contributed by atoms with Gasteiger partial charge in [-0.25, -0.2) is 9.97 Å². The van der Waals surface area contributed by atoms with Crippen molar-refractivity contribution in [2.75, 3.05) is 0 Å². The Morgan fingerprint density at radius 1 is 0.697 bits per heavy atom. The second-order valence-electron chi connectivity index (χ2n) is 8.05. The highest BCUT2D eigenvalue weighted by molar-refractivity contribution is 5.77. The van der Waals surface area contributed by atoms with Crippen LogP contribution in [-0.4, -0.2) is 31.1 Å². The lowest BCUT2D eigenvalue weighted by atomic mass is 9.97. The first kappa shape index (κ1) is 22.0. The first-order chi connectivity index (χ1) is 15.8. The van der Waals surface area contributed by atoms with Crippen molar-refractivity contribution in [1.82, 2.24) is 19.1 Å². The van der Waals surface area contributed by atoms with Crippen LogP contribution in [0.5, 0.6) is 11.5 Å². The van der Waals surface area contributed by atoms with Crippen LogP contribution in [0.25, 0.3) is 0 Å². The highest BCUT2D eigenvalue weighted by Gasteiger charge is 2.14. The molecule has 8 nitrogen and oxygen atoms in total. The maximum absolute atomic E-state index is 8.14. The first-order valence-electron chi connectivity index (χ1n) is 10.5. The van der Waals surface area contributed by atoms with E-state index in [4.69, 9.17) is 20.3 Å². The van der Waals surface area contributed by atoms with Crippen LogP contribution in [0.15, 0.2) is 61.7 Å². The summed E-state index contributed by atoms with van der Waals surface area (Å²) in [5, 5.41) is 16.3. The molecule has 0 saturated carbocycles. The monoisotopic (exact) mass is 442 g/mol. The summed E-state index contributed by atoms with van der Waals surface area (Å²) in [5.74, 6) is 1.37. The van der Waals surface area contributed by atoms with Gasteiger partial charge in [-0.05, 0) is 67.5 Å².